The second kappa shape index (κ2) is 4.90. The van der Waals surface area contributed by atoms with Gasteiger partial charge in [0.1, 0.15) is 17.2 Å². The Kier molecular flexibility index (Phi) is 3.06. The molecule has 21 heavy (non-hydrogen) atoms. The van der Waals surface area contributed by atoms with E-state index in [0.717, 1.165) is 0 Å². The van der Waals surface area contributed by atoms with Crippen molar-refractivity contribution in [1.82, 2.24) is 9.38 Å². The number of rotatable bonds is 3. The van der Waals surface area contributed by atoms with E-state index in [1.807, 2.05) is 0 Å². The maximum Gasteiger partial charge on any atom is 0.358 e. The highest BCUT2D eigenvalue weighted by molar-refractivity contribution is 5.90. The van der Waals surface area contributed by atoms with E-state index in [1.54, 1.807) is 37.4 Å². The average Bonchev–Trinajstić information content (AvgIpc) is 2.80. The van der Waals surface area contributed by atoms with Crippen LogP contribution in [0, 0.1) is 12.7 Å². The molecular formula is C15H11FN2O3. The normalized spacial score (nSPS) is 10.8. The Balaban J connectivity index is 2.14. The van der Waals surface area contributed by atoms with E-state index in [-0.39, 0.29) is 17.3 Å². The summed E-state index contributed by atoms with van der Waals surface area (Å²) in [4.78, 5) is 15.6. The number of carboxylic acids is 1. The molecule has 0 amide bonds. The Morgan fingerprint density at radius 1 is 1.33 bits per heavy atom. The van der Waals surface area contributed by atoms with Crippen molar-refractivity contribution in [2.24, 2.45) is 0 Å². The summed E-state index contributed by atoms with van der Waals surface area (Å²) in [5.74, 6) is -1.46. The standard InChI is InChI=1S/C15H11FN2O3/c1-9-5-6-10(16)8-11(9)21-14-13(15(19)20)18-7-3-2-4-12(18)17-14/h2-8H,1H3,(H,19,20). The number of carbonyl (C=O) groups is 1. The number of imidazole rings is 1. The summed E-state index contributed by atoms with van der Waals surface area (Å²) in [5.41, 5.74) is 1.03. The maximum absolute atomic E-state index is 13.3. The molecule has 0 fully saturated rings. The third-order valence-electron chi connectivity index (χ3n) is 3.06. The quantitative estimate of drug-likeness (QED) is 0.802. The second-order valence-corrected chi connectivity index (χ2v) is 4.51. The molecule has 2 heterocycles. The highest BCUT2D eigenvalue weighted by atomic mass is 19.1. The Labute approximate surface area is 119 Å². The van der Waals surface area contributed by atoms with Crippen molar-refractivity contribution in [2.75, 3.05) is 0 Å². The molecule has 6 heteroatoms. The van der Waals surface area contributed by atoms with Crippen molar-refractivity contribution in [1.29, 1.82) is 0 Å². The number of aromatic nitrogens is 2. The van der Waals surface area contributed by atoms with Crippen LogP contribution in [0.25, 0.3) is 5.65 Å². The zero-order valence-electron chi connectivity index (χ0n) is 11.1. The third kappa shape index (κ3) is 2.31. The number of aryl methyl sites for hydroxylation is 1. The molecule has 1 N–H and O–H groups in total. The average molecular weight is 286 g/mol. The van der Waals surface area contributed by atoms with Gasteiger partial charge in [-0.05, 0) is 30.7 Å². The minimum atomic E-state index is -1.17. The minimum Gasteiger partial charge on any atom is -0.476 e. The number of hydrogen-bond acceptors (Lipinski definition) is 3. The topological polar surface area (TPSA) is 63.8 Å². The first-order valence-corrected chi connectivity index (χ1v) is 6.20. The van der Waals surface area contributed by atoms with E-state index < -0.39 is 11.8 Å². The van der Waals surface area contributed by atoms with Crippen molar-refractivity contribution < 1.29 is 19.0 Å². The van der Waals surface area contributed by atoms with Gasteiger partial charge in [-0.1, -0.05) is 12.1 Å². The Hall–Kier alpha value is -2.89. The summed E-state index contributed by atoms with van der Waals surface area (Å²) < 4.78 is 20.2. The van der Waals surface area contributed by atoms with Crippen LogP contribution in [0.2, 0.25) is 0 Å². The lowest BCUT2D eigenvalue weighted by molar-refractivity contribution is 0.0686. The van der Waals surface area contributed by atoms with E-state index in [9.17, 15) is 14.3 Å². The van der Waals surface area contributed by atoms with Crippen molar-refractivity contribution in [2.45, 2.75) is 6.92 Å². The van der Waals surface area contributed by atoms with Gasteiger partial charge in [-0.25, -0.2) is 9.18 Å². The van der Waals surface area contributed by atoms with E-state index in [4.69, 9.17) is 4.74 Å². The van der Waals surface area contributed by atoms with Gasteiger partial charge >= 0.3 is 5.97 Å². The van der Waals surface area contributed by atoms with Crippen LogP contribution in [-0.4, -0.2) is 20.5 Å². The molecule has 0 spiro atoms. The lowest BCUT2D eigenvalue weighted by Crippen LogP contribution is -2.03. The molecular weight excluding hydrogens is 275 g/mol. The van der Waals surface area contributed by atoms with Crippen molar-refractivity contribution in [3.8, 4) is 11.6 Å². The van der Waals surface area contributed by atoms with E-state index >= 15 is 0 Å². The molecule has 0 bridgehead atoms. The van der Waals surface area contributed by atoms with Crippen LogP contribution < -0.4 is 4.74 Å². The van der Waals surface area contributed by atoms with Crippen LogP contribution in [-0.2, 0) is 0 Å². The first-order valence-electron chi connectivity index (χ1n) is 6.20. The fraction of sp³-hybridized carbons (Fsp3) is 0.0667. The summed E-state index contributed by atoms with van der Waals surface area (Å²) in [5, 5.41) is 9.34. The molecule has 1 aromatic carbocycles. The van der Waals surface area contributed by atoms with Gasteiger partial charge in [-0.15, -0.1) is 0 Å². The van der Waals surface area contributed by atoms with E-state index in [0.29, 0.717) is 11.2 Å². The fourth-order valence-electron chi connectivity index (χ4n) is 2.03. The van der Waals surface area contributed by atoms with Gasteiger partial charge in [0.15, 0.2) is 5.69 Å². The number of ether oxygens (including phenoxy) is 1. The van der Waals surface area contributed by atoms with Gasteiger partial charge < -0.3 is 9.84 Å². The second-order valence-electron chi connectivity index (χ2n) is 4.51. The predicted molar refractivity (Wildman–Crippen MR) is 73.4 cm³/mol. The molecule has 0 unspecified atom stereocenters. The van der Waals surface area contributed by atoms with Gasteiger partial charge in [0.2, 0.25) is 0 Å². The number of benzene rings is 1. The van der Waals surface area contributed by atoms with Gasteiger partial charge in [-0.3, -0.25) is 4.40 Å². The third-order valence-corrected chi connectivity index (χ3v) is 3.06. The minimum absolute atomic E-state index is 0.0672. The number of aromatic carboxylic acids is 1. The van der Waals surface area contributed by atoms with E-state index in [2.05, 4.69) is 4.98 Å². The van der Waals surface area contributed by atoms with Gasteiger partial charge in [0, 0.05) is 12.3 Å². The summed E-state index contributed by atoms with van der Waals surface area (Å²) in [6, 6.07) is 9.16. The largest absolute Gasteiger partial charge is 0.476 e. The summed E-state index contributed by atoms with van der Waals surface area (Å²) in [6.45, 7) is 1.74. The maximum atomic E-state index is 13.3. The lowest BCUT2D eigenvalue weighted by atomic mass is 10.2. The molecule has 3 aromatic rings. The molecule has 0 aliphatic heterocycles. The SMILES string of the molecule is Cc1ccc(F)cc1Oc1nc2ccccn2c1C(=O)O. The molecule has 0 saturated heterocycles. The van der Waals surface area contributed by atoms with Crippen molar-refractivity contribution in [3.63, 3.8) is 0 Å². The van der Waals surface area contributed by atoms with Crippen molar-refractivity contribution in [3.05, 3.63) is 59.7 Å². The number of fused-ring (bicyclic) bond motifs is 1. The highest BCUT2D eigenvalue weighted by Gasteiger charge is 2.21. The molecule has 0 saturated carbocycles. The molecule has 0 aliphatic carbocycles. The first kappa shape index (κ1) is 13.1. The molecule has 3 rings (SSSR count). The molecule has 2 aromatic heterocycles. The zero-order valence-corrected chi connectivity index (χ0v) is 11.1. The lowest BCUT2D eigenvalue weighted by Gasteiger charge is -2.07. The van der Waals surface area contributed by atoms with Crippen LogP contribution in [0.3, 0.4) is 0 Å². The molecule has 0 atom stereocenters. The van der Waals surface area contributed by atoms with Crippen LogP contribution in [0.4, 0.5) is 4.39 Å². The smallest absolute Gasteiger partial charge is 0.358 e. The van der Waals surface area contributed by atoms with Gasteiger partial charge in [0.05, 0.1) is 0 Å². The molecule has 0 radical (unpaired) electrons. The Morgan fingerprint density at radius 2 is 2.14 bits per heavy atom. The molecule has 0 aliphatic rings. The Morgan fingerprint density at radius 3 is 2.90 bits per heavy atom. The summed E-state index contributed by atoms with van der Waals surface area (Å²) in [6.07, 6.45) is 1.58. The summed E-state index contributed by atoms with van der Waals surface area (Å²) in [7, 11) is 0. The number of hydrogen-bond donors (Lipinski definition) is 1. The first-order chi connectivity index (χ1) is 10.1. The molecule has 5 nitrogen and oxygen atoms in total. The number of carboxylic acid groups (broad SMARTS) is 1. The van der Waals surface area contributed by atoms with E-state index in [1.165, 1.54) is 16.5 Å². The van der Waals surface area contributed by atoms with Crippen LogP contribution in [0.15, 0.2) is 42.6 Å². The number of halogens is 1. The zero-order chi connectivity index (χ0) is 15.0. The highest BCUT2D eigenvalue weighted by Crippen LogP contribution is 2.28. The van der Waals surface area contributed by atoms with Gasteiger partial charge in [-0.2, -0.15) is 4.98 Å². The predicted octanol–water partition coefficient (Wildman–Crippen LogP) is 3.27. The van der Waals surface area contributed by atoms with Crippen LogP contribution in [0.1, 0.15) is 16.1 Å². The van der Waals surface area contributed by atoms with Crippen molar-refractivity contribution >= 4 is 11.6 Å². The molecule has 106 valence electrons. The van der Waals surface area contributed by atoms with Crippen LogP contribution in [0.5, 0.6) is 11.6 Å². The Bertz CT molecular complexity index is 842. The van der Waals surface area contributed by atoms with Gasteiger partial charge in [0.25, 0.3) is 5.88 Å². The van der Waals surface area contributed by atoms with Crippen LogP contribution >= 0.6 is 0 Å². The summed E-state index contributed by atoms with van der Waals surface area (Å²) >= 11 is 0. The number of nitrogens with zero attached hydrogens (tertiary/aromatic N) is 2. The number of pyridine rings is 1. The monoisotopic (exact) mass is 286 g/mol. The fourth-order valence-corrected chi connectivity index (χ4v) is 2.03.